The first kappa shape index (κ1) is 14.7. The molecule has 4 nitrogen and oxygen atoms in total. The maximum absolute atomic E-state index is 13.7. The predicted molar refractivity (Wildman–Crippen MR) is 82.9 cm³/mol. The van der Waals surface area contributed by atoms with Crippen LogP contribution in [0.3, 0.4) is 0 Å². The highest BCUT2D eigenvalue weighted by Gasteiger charge is 2.31. The fraction of sp³-hybridized carbons (Fsp3) is 0.533. The van der Waals surface area contributed by atoms with Crippen molar-refractivity contribution in [2.24, 2.45) is 7.05 Å². The number of aryl methyl sites for hydroxylation is 1. The fourth-order valence-corrected chi connectivity index (χ4v) is 3.58. The van der Waals surface area contributed by atoms with Crippen molar-refractivity contribution in [3.63, 3.8) is 0 Å². The molecule has 0 amide bonds. The van der Waals surface area contributed by atoms with E-state index in [-0.39, 0.29) is 6.04 Å². The zero-order valence-electron chi connectivity index (χ0n) is 12.2. The third kappa shape index (κ3) is 3.70. The molecule has 1 N–H and O–H groups in total. The molecule has 0 unspecified atom stereocenters. The van der Waals surface area contributed by atoms with E-state index in [4.69, 9.17) is 0 Å². The molecule has 1 saturated heterocycles. The molecule has 0 saturated carbocycles. The van der Waals surface area contributed by atoms with Gasteiger partial charge in [-0.1, -0.05) is 6.07 Å². The third-order valence-electron chi connectivity index (χ3n) is 4.02. The monoisotopic (exact) mass is 308 g/mol. The Morgan fingerprint density at radius 1 is 1.52 bits per heavy atom. The van der Waals surface area contributed by atoms with Gasteiger partial charge < -0.3 is 9.88 Å². The van der Waals surface area contributed by atoms with Gasteiger partial charge in [-0.3, -0.25) is 4.90 Å². The molecule has 2 aromatic rings. The number of hydrogen-bond donors (Lipinski definition) is 1. The molecule has 0 bridgehead atoms. The molecule has 0 aromatic carbocycles. The number of likely N-dealkylation sites (tertiary alicyclic amines) is 1. The molecular weight excluding hydrogens is 287 g/mol. The van der Waals surface area contributed by atoms with Crippen LogP contribution in [0.2, 0.25) is 0 Å². The molecule has 21 heavy (non-hydrogen) atoms. The van der Waals surface area contributed by atoms with Crippen molar-refractivity contribution in [2.45, 2.75) is 31.7 Å². The molecule has 1 aliphatic rings. The van der Waals surface area contributed by atoms with Crippen molar-refractivity contribution >= 4 is 11.3 Å². The summed E-state index contributed by atoms with van der Waals surface area (Å²) >= 11 is 1.74. The molecule has 2 aromatic heterocycles. The molecule has 3 heterocycles. The number of hydrogen-bond acceptors (Lipinski definition) is 4. The second-order valence-electron chi connectivity index (χ2n) is 5.62. The standard InChI is InChI=1S/C15H21FN4S/c1-19-11-18-8-14(19)7-17-6-13-5-12(16)9-20(13)10-15-3-2-4-21-15/h2-4,8,11-13,17H,5-7,9-10H2,1H3/t12-,13-/m0/s1. The number of alkyl halides is 1. The highest BCUT2D eigenvalue weighted by atomic mass is 32.1. The molecule has 3 rings (SSSR count). The van der Waals surface area contributed by atoms with Gasteiger partial charge in [0.2, 0.25) is 0 Å². The molecular formula is C15H21FN4S. The summed E-state index contributed by atoms with van der Waals surface area (Å²) in [7, 11) is 1.99. The summed E-state index contributed by atoms with van der Waals surface area (Å²) in [6.07, 6.45) is 3.59. The van der Waals surface area contributed by atoms with Gasteiger partial charge in [-0.05, 0) is 17.9 Å². The van der Waals surface area contributed by atoms with Crippen LogP contribution in [0.15, 0.2) is 30.0 Å². The second-order valence-corrected chi connectivity index (χ2v) is 6.65. The van der Waals surface area contributed by atoms with Crippen molar-refractivity contribution < 1.29 is 4.39 Å². The van der Waals surface area contributed by atoms with E-state index >= 15 is 0 Å². The topological polar surface area (TPSA) is 33.1 Å². The Bertz CT molecular complexity index is 554. The summed E-state index contributed by atoms with van der Waals surface area (Å²) in [5.41, 5.74) is 1.15. The van der Waals surface area contributed by atoms with Gasteiger partial charge in [0.05, 0.1) is 12.0 Å². The van der Waals surface area contributed by atoms with Crippen LogP contribution in [0, 0.1) is 0 Å². The minimum Gasteiger partial charge on any atom is -0.337 e. The van der Waals surface area contributed by atoms with Gasteiger partial charge in [0.15, 0.2) is 0 Å². The number of rotatable bonds is 6. The van der Waals surface area contributed by atoms with Gasteiger partial charge >= 0.3 is 0 Å². The van der Waals surface area contributed by atoms with Crippen LogP contribution in [-0.2, 0) is 20.1 Å². The molecule has 1 aliphatic heterocycles. The Morgan fingerprint density at radius 2 is 2.43 bits per heavy atom. The van der Waals surface area contributed by atoms with Crippen LogP contribution in [0.4, 0.5) is 4.39 Å². The lowest BCUT2D eigenvalue weighted by Gasteiger charge is -2.23. The van der Waals surface area contributed by atoms with Crippen LogP contribution in [0.25, 0.3) is 0 Å². The van der Waals surface area contributed by atoms with E-state index in [9.17, 15) is 4.39 Å². The first-order valence-corrected chi connectivity index (χ1v) is 8.16. The Kier molecular flexibility index (Phi) is 4.67. The lowest BCUT2D eigenvalue weighted by atomic mass is 10.2. The Hall–Kier alpha value is -1.24. The molecule has 0 aliphatic carbocycles. The summed E-state index contributed by atoms with van der Waals surface area (Å²) in [6, 6.07) is 4.45. The largest absolute Gasteiger partial charge is 0.337 e. The van der Waals surface area contributed by atoms with Gasteiger partial charge in [-0.2, -0.15) is 0 Å². The third-order valence-corrected chi connectivity index (χ3v) is 4.88. The smallest absolute Gasteiger partial charge is 0.114 e. The average molecular weight is 308 g/mol. The van der Waals surface area contributed by atoms with Crippen molar-refractivity contribution in [3.8, 4) is 0 Å². The van der Waals surface area contributed by atoms with E-state index in [1.807, 2.05) is 17.8 Å². The lowest BCUT2D eigenvalue weighted by Crippen LogP contribution is -2.37. The summed E-state index contributed by atoms with van der Waals surface area (Å²) in [6.45, 7) is 3.00. The molecule has 2 atom stereocenters. The first-order valence-electron chi connectivity index (χ1n) is 7.29. The zero-order valence-corrected chi connectivity index (χ0v) is 13.0. The molecule has 0 radical (unpaired) electrons. The maximum atomic E-state index is 13.7. The number of aromatic nitrogens is 2. The van der Waals surface area contributed by atoms with Crippen LogP contribution in [0.1, 0.15) is 17.0 Å². The normalized spacial score (nSPS) is 23.0. The molecule has 0 spiro atoms. The van der Waals surface area contributed by atoms with Gasteiger partial charge in [0, 0.05) is 50.3 Å². The zero-order chi connectivity index (χ0) is 14.7. The minimum absolute atomic E-state index is 0.273. The van der Waals surface area contributed by atoms with Gasteiger partial charge in [0.25, 0.3) is 0 Å². The van der Waals surface area contributed by atoms with Crippen LogP contribution in [0.5, 0.6) is 0 Å². The van der Waals surface area contributed by atoms with Crippen molar-refractivity contribution in [1.82, 2.24) is 19.8 Å². The summed E-state index contributed by atoms with van der Waals surface area (Å²) in [5.74, 6) is 0. The summed E-state index contributed by atoms with van der Waals surface area (Å²) in [5, 5.41) is 5.51. The van der Waals surface area contributed by atoms with E-state index in [1.54, 1.807) is 17.7 Å². The van der Waals surface area contributed by atoms with Crippen molar-refractivity contribution in [3.05, 3.63) is 40.6 Å². The van der Waals surface area contributed by atoms with Gasteiger partial charge in [0.1, 0.15) is 6.17 Å². The average Bonchev–Trinajstić information content (AvgIpc) is 3.15. The molecule has 114 valence electrons. The number of imidazole rings is 1. The first-order chi connectivity index (χ1) is 10.2. The van der Waals surface area contributed by atoms with E-state index in [0.29, 0.717) is 13.0 Å². The van der Waals surface area contributed by atoms with Crippen LogP contribution in [-0.4, -0.2) is 39.8 Å². The number of thiophene rings is 1. The van der Waals surface area contributed by atoms with Crippen molar-refractivity contribution in [2.75, 3.05) is 13.1 Å². The van der Waals surface area contributed by atoms with Crippen LogP contribution >= 0.6 is 11.3 Å². The minimum atomic E-state index is -0.700. The van der Waals surface area contributed by atoms with E-state index in [2.05, 4.69) is 32.7 Å². The Labute approximate surface area is 128 Å². The number of halogens is 1. The van der Waals surface area contributed by atoms with Crippen molar-refractivity contribution in [1.29, 1.82) is 0 Å². The molecule has 6 heteroatoms. The highest BCUT2D eigenvalue weighted by molar-refractivity contribution is 7.09. The Morgan fingerprint density at radius 3 is 3.14 bits per heavy atom. The van der Waals surface area contributed by atoms with E-state index in [0.717, 1.165) is 25.3 Å². The predicted octanol–water partition coefficient (Wildman–Crippen LogP) is 2.18. The van der Waals surface area contributed by atoms with E-state index in [1.165, 1.54) is 4.88 Å². The Balaban J connectivity index is 1.52. The number of nitrogens with zero attached hydrogens (tertiary/aromatic N) is 3. The van der Waals surface area contributed by atoms with Gasteiger partial charge in [-0.25, -0.2) is 9.37 Å². The second kappa shape index (κ2) is 6.68. The lowest BCUT2D eigenvalue weighted by molar-refractivity contribution is 0.232. The molecule has 1 fully saturated rings. The van der Waals surface area contributed by atoms with E-state index < -0.39 is 6.17 Å². The fourth-order valence-electron chi connectivity index (χ4n) is 2.85. The SMILES string of the molecule is Cn1cncc1CNC[C@@H]1C[C@H](F)CN1Cc1cccs1. The quantitative estimate of drug-likeness (QED) is 0.888. The van der Waals surface area contributed by atoms with Gasteiger partial charge in [-0.15, -0.1) is 11.3 Å². The maximum Gasteiger partial charge on any atom is 0.114 e. The highest BCUT2D eigenvalue weighted by Crippen LogP contribution is 2.23. The number of nitrogens with one attached hydrogen (secondary N) is 1. The summed E-state index contributed by atoms with van der Waals surface area (Å²) < 4.78 is 15.7. The van der Waals surface area contributed by atoms with Crippen LogP contribution < -0.4 is 5.32 Å². The summed E-state index contributed by atoms with van der Waals surface area (Å²) in [4.78, 5) is 7.67.